The molecule has 2 N–H and O–H groups in total. The zero-order valence-electron chi connectivity index (χ0n) is 18.4. The largest absolute Gasteiger partial charge is 0.497 e. The Labute approximate surface area is 190 Å². The lowest BCUT2D eigenvalue weighted by Gasteiger charge is -2.35. The van der Waals surface area contributed by atoms with Gasteiger partial charge in [0.2, 0.25) is 10.0 Å². The summed E-state index contributed by atoms with van der Waals surface area (Å²) in [4.78, 5) is 15.3. The summed E-state index contributed by atoms with van der Waals surface area (Å²) < 4.78 is 32.1. The minimum absolute atomic E-state index is 0.0629. The first-order valence-electron chi connectivity index (χ1n) is 10.8. The zero-order valence-corrected chi connectivity index (χ0v) is 19.2. The van der Waals surface area contributed by atoms with E-state index in [2.05, 4.69) is 21.5 Å². The van der Waals surface area contributed by atoms with Crippen molar-refractivity contribution < 1.29 is 17.9 Å². The van der Waals surface area contributed by atoms with Gasteiger partial charge in [0.25, 0.3) is 5.91 Å². The van der Waals surface area contributed by atoms with Gasteiger partial charge in [0, 0.05) is 18.7 Å². The van der Waals surface area contributed by atoms with E-state index in [-0.39, 0.29) is 23.4 Å². The van der Waals surface area contributed by atoms with Gasteiger partial charge in [0.1, 0.15) is 5.75 Å². The molecule has 7 nitrogen and oxygen atoms in total. The number of benzene rings is 2. The highest BCUT2D eigenvalue weighted by Crippen LogP contribution is 2.26. The normalized spacial score (nSPS) is 15.7. The third-order valence-electron chi connectivity index (χ3n) is 5.63. The molecule has 1 heterocycles. The summed E-state index contributed by atoms with van der Waals surface area (Å²) in [6.07, 6.45) is 5.00. The molecule has 8 heteroatoms. The topological polar surface area (TPSA) is 87.7 Å². The molecule has 0 saturated carbocycles. The predicted molar refractivity (Wildman–Crippen MR) is 125 cm³/mol. The van der Waals surface area contributed by atoms with E-state index in [4.69, 9.17) is 4.74 Å². The first-order chi connectivity index (χ1) is 15.4. The van der Waals surface area contributed by atoms with Gasteiger partial charge < -0.3 is 10.1 Å². The predicted octanol–water partition coefficient (Wildman–Crippen LogP) is 3.12. The van der Waals surface area contributed by atoms with Crippen molar-refractivity contribution in [1.82, 2.24) is 14.9 Å². The van der Waals surface area contributed by atoms with Crippen LogP contribution >= 0.6 is 0 Å². The van der Waals surface area contributed by atoms with Gasteiger partial charge in [-0.2, -0.15) is 0 Å². The SMILES string of the molecule is C=CCNS(=O)(=O)c1ccc(C(=O)NCC(c2ccc(OC)cc2)N2CCCCC2)cc1. The second-order valence-corrected chi connectivity index (χ2v) is 9.53. The molecule has 1 saturated heterocycles. The van der Waals surface area contributed by atoms with Crippen LogP contribution < -0.4 is 14.8 Å². The number of piperidine rings is 1. The number of carbonyl (C=O) groups is 1. The Morgan fingerprint density at radius 3 is 2.34 bits per heavy atom. The minimum atomic E-state index is -3.62. The second-order valence-electron chi connectivity index (χ2n) is 7.76. The van der Waals surface area contributed by atoms with Gasteiger partial charge in [-0.1, -0.05) is 24.6 Å². The van der Waals surface area contributed by atoms with Crippen LogP contribution in [0.1, 0.15) is 41.2 Å². The van der Waals surface area contributed by atoms with Crippen molar-refractivity contribution in [3.8, 4) is 5.75 Å². The third-order valence-corrected chi connectivity index (χ3v) is 7.07. The second kappa shape index (κ2) is 11.3. The van der Waals surface area contributed by atoms with Crippen LogP contribution in [-0.2, 0) is 10.0 Å². The molecule has 0 spiro atoms. The molecule has 172 valence electrons. The Morgan fingerprint density at radius 2 is 1.75 bits per heavy atom. The molecule has 1 unspecified atom stereocenters. The van der Waals surface area contributed by atoms with Crippen LogP contribution in [0.5, 0.6) is 5.75 Å². The van der Waals surface area contributed by atoms with Crippen molar-refractivity contribution >= 4 is 15.9 Å². The van der Waals surface area contributed by atoms with Gasteiger partial charge in [-0.15, -0.1) is 6.58 Å². The van der Waals surface area contributed by atoms with Crippen LogP contribution in [0.3, 0.4) is 0 Å². The van der Waals surface area contributed by atoms with Crippen LogP contribution in [0.4, 0.5) is 0 Å². The van der Waals surface area contributed by atoms with Crippen molar-refractivity contribution in [1.29, 1.82) is 0 Å². The average Bonchev–Trinajstić information content (AvgIpc) is 2.84. The van der Waals surface area contributed by atoms with E-state index in [9.17, 15) is 13.2 Å². The summed E-state index contributed by atoms with van der Waals surface area (Å²) in [6, 6.07) is 14.0. The zero-order chi connectivity index (χ0) is 23.0. The van der Waals surface area contributed by atoms with Crippen molar-refractivity contribution in [2.45, 2.75) is 30.2 Å². The van der Waals surface area contributed by atoms with Crippen LogP contribution in [0, 0.1) is 0 Å². The number of hydrogen-bond donors (Lipinski definition) is 2. The standard InChI is InChI=1S/C24H31N3O4S/c1-3-15-26-32(29,30)22-13-9-20(10-14-22)24(28)25-18-23(27-16-5-4-6-17-27)19-7-11-21(31-2)12-8-19/h3,7-14,23,26H,1,4-6,15-18H2,2H3,(H,25,28). The van der Waals surface area contributed by atoms with Gasteiger partial charge >= 0.3 is 0 Å². The van der Waals surface area contributed by atoms with Crippen LogP contribution in [0.25, 0.3) is 0 Å². The minimum Gasteiger partial charge on any atom is -0.497 e. The average molecular weight is 458 g/mol. The van der Waals surface area contributed by atoms with Crippen LogP contribution in [0.2, 0.25) is 0 Å². The highest BCUT2D eigenvalue weighted by molar-refractivity contribution is 7.89. The van der Waals surface area contributed by atoms with Crippen molar-refractivity contribution in [3.05, 3.63) is 72.3 Å². The first kappa shape index (κ1) is 24.0. The van der Waals surface area contributed by atoms with E-state index in [1.807, 2.05) is 24.3 Å². The Hall–Kier alpha value is -2.68. The maximum atomic E-state index is 12.8. The molecule has 2 aromatic rings. The molecule has 0 aliphatic carbocycles. The van der Waals surface area contributed by atoms with Crippen molar-refractivity contribution in [3.63, 3.8) is 0 Å². The molecule has 2 aromatic carbocycles. The lowest BCUT2D eigenvalue weighted by atomic mass is 10.0. The number of rotatable bonds is 10. The summed E-state index contributed by atoms with van der Waals surface area (Å²) >= 11 is 0. The summed E-state index contributed by atoms with van der Waals surface area (Å²) in [7, 11) is -1.97. The van der Waals surface area contributed by atoms with E-state index in [0.717, 1.165) is 37.2 Å². The fourth-order valence-electron chi connectivity index (χ4n) is 3.84. The number of sulfonamides is 1. The number of nitrogens with one attached hydrogen (secondary N) is 2. The molecule has 0 bridgehead atoms. The van der Waals surface area contributed by atoms with E-state index in [1.165, 1.54) is 36.8 Å². The molecule has 0 radical (unpaired) electrons. The van der Waals surface area contributed by atoms with E-state index < -0.39 is 10.0 Å². The molecule has 1 fully saturated rings. The molecule has 1 aliphatic rings. The molecule has 3 rings (SSSR count). The van der Waals surface area contributed by atoms with Gasteiger partial charge in [-0.3, -0.25) is 9.69 Å². The monoisotopic (exact) mass is 457 g/mol. The summed E-state index contributed by atoms with van der Waals surface area (Å²) in [5.74, 6) is 0.566. The van der Waals surface area contributed by atoms with Gasteiger partial charge in [-0.25, -0.2) is 13.1 Å². The maximum Gasteiger partial charge on any atom is 0.251 e. The summed E-state index contributed by atoms with van der Waals surface area (Å²) in [5.41, 5.74) is 1.54. The quantitative estimate of drug-likeness (QED) is 0.535. The number of carbonyl (C=O) groups excluding carboxylic acids is 1. The smallest absolute Gasteiger partial charge is 0.251 e. The molecular weight excluding hydrogens is 426 g/mol. The number of ether oxygens (including phenoxy) is 1. The van der Waals surface area contributed by atoms with Gasteiger partial charge in [0.05, 0.1) is 18.0 Å². The number of hydrogen-bond acceptors (Lipinski definition) is 5. The van der Waals surface area contributed by atoms with E-state index in [0.29, 0.717) is 12.1 Å². The van der Waals surface area contributed by atoms with E-state index in [1.54, 1.807) is 7.11 Å². The summed E-state index contributed by atoms with van der Waals surface area (Å²) in [6.45, 7) is 6.11. The Bertz CT molecular complexity index is 999. The highest BCUT2D eigenvalue weighted by atomic mass is 32.2. The Morgan fingerprint density at radius 1 is 1.09 bits per heavy atom. The maximum absolute atomic E-state index is 12.8. The summed E-state index contributed by atoms with van der Waals surface area (Å²) in [5, 5.41) is 3.03. The molecule has 1 atom stereocenters. The fourth-order valence-corrected chi connectivity index (χ4v) is 4.84. The van der Waals surface area contributed by atoms with Gasteiger partial charge in [0.15, 0.2) is 0 Å². The van der Waals surface area contributed by atoms with Crippen LogP contribution in [0.15, 0.2) is 66.1 Å². The molecule has 0 aromatic heterocycles. The lowest BCUT2D eigenvalue weighted by molar-refractivity contribution is 0.0924. The molecular formula is C24H31N3O4S. The Balaban J connectivity index is 1.69. The number of likely N-dealkylation sites (tertiary alicyclic amines) is 1. The number of amides is 1. The van der Waals surface area contributed by atoms with Gasteiger partial charge in [-0.05, 0) is 67.9 Å². The van der Waals surface area contributed by atoms with Crippen LogP contribution in [-0.4, -0.2) is 52.5 Å². The van der Waals surface area contributed by atoms with E-state index >= 15 is 0 Å². The fraction of sp³-hybridized carbons (Fsp3) is 0.375. The number of nitrogens with zero attached hydrogens (tertiary/aromatic N) is 1. The third kappa shape index (κ3) is 6.18. The molecule has 1 aliphatic heterocycles. The first-order valence-corrected chi connectivity index (χ1v) is 12.3. The highest BCUT2D eigenvalue weighted by Gasteiger charge is 2.23. The molecule has 32 heavy (non-hydrogen) atoms. The molecule has 1 amide bonds. The van der Waals surface area contributed by atoms with Crippen molar-refractivity contribution in [2.24, 2.45) is 0 Å². The lowest BCUT2D eigenvalue weighted by Crippen LogP contribution is -2.40. The number of methoxy groups -OCH3 is 1. The van der Waals surface area contributed by atoms with Crippen molar-refractivity contribution in [2.75, 3.05) is 33.3 Å². The Kier molecular flexibility index (Phi) is 8.44.